The summed E-state index contributed by atoms with van der Waals surface area (Å²) in [5.74, 6) is -0.110. The van der Waals surface area contributed by atoms with Crippen LogP contribution in [0.3, 0.4) is 0 Å². The monoisotopic (exact) mass is 364 g/mol. The minimum atomic E-state index is -0.301. The molecule has 1 aliphatic rings. The summed E-state index contributed by atoms with van der Waals surface area (Å²) in [5, 5.41) is 5.59. The lowest BCUT2D eigenvalue weighted by Crippen LogP contribution is -2.25. The number of anilines is 1. The number of nitrogens with zero attached hydrogens (tertiary/aromatic N) is 1. The first-order chi connectivity index (χ1) is 13.1. The largest absolute Gasteiger partial charge is 0.478 e. The van der Waals surface area contributed by atoms with Gasteiger partial charge in [0.25, 0.3) is 11.7 Å². The van der Waals surface area contributed by atoms with Crippen molar-refractivity contribution >= 4 is 23.7 Å². The summed E-state index contributed by atoms with van der Waals surface area (Å²) < 4.78 is 7.74. The molecule has 138 valence electrons. The Bertz CT molecular complexity index is 874. The molecule has 6 heteroatoms. The zero-order valence-corrected chi connectivity index (χ0v) is 15.1. The zero-order chi connectivity index (χ0) is 19.1. The molecule has 1 heterocycles. The fourth-order valence-electron chi connectivity index (χ4n) is 2.54. The van der Waals surface area contributed by atoms with Crippen molar-refractivity contribution in [3.05, 3.63) is 77.7 Å². The number of para-hydroxylation sites is 1. The highest BCUT2D eigenvalue weighted by Crippen LogP contribution is 2.19. The topological polar surface area (TPSA) is 70.4 Å². The van der Waals surface area contributed by atoms with Crippen LogP contribution in [0.2, 0.25) is 0 Å². The summed E-state index contributed by atoms with van der Waals surface area (Å²) in [6.45, 7) is 2.87. The van der Waals surface area contributed by atoms with E-state index in [4.69, 9.17) is 4.74 Å². The second-order valence-corrected chi connectivity index (χ2v) is 6.11. The van der Waals surface area contributed by atoms with Crippen LogP contribution in [0.5, 0.6) is 0 Å². The highest BCUT2D eigenvalue weighted by Gasteiger charge is 2.37. The smallest absolute Gasteiger partial charge is 0.317 e. The highest BCUT2D eigenvalue weighted by atomic mass is 16.5. The summed E-state index contributed by atoms with van der Waals surface area (Å²) in [4.78, 5) is 23.7. The number of allylic oxidation sites excluding steroid dienone is 1. The summed E-state index contributed by atoms with van der Waals surface area (Å²) in [7, 11) is 0. The molecule has 0 aromatic heterocycles. The van der Waals surface area contributed by atoms with Crippen LogP contribution in [0.4, 0.5) is 5.69 Å². The van der Waals surface area contributed by atoms with Crippen molar-refractivity contribution < 1.29 is 18.9 Å². The van der Waals surface area contributed by atoms with E-state index in [9.17, 15) is 9.59 Å². The lowest BCUT2D eigenvalue weighted by molar-refractivity contribution is -0.403. The third-order valence-electron chi connectivity index (χ3n) is 3.94. The molecule has 2 amide bonds. The van der Waals surface area contributed by atoms with Crippen molar-refractivity contribution in [3.63, 3.8) is 0 Å². The molecule has 2 aromatic carbocycles. The number of nitrogens with one attached hydrogen (secondary N) is 2. The fraction of sp³-hybridized carbons (Fsp3) is 0.190. The molecule has 0 radical (unpaired) electrons. The lowest BCUT2D eigenvalue weighted by atomic mass is 10.2. The molecule has 0 saturated carbocycles. The zero-order valence-electron chi connectivity index (χ0n) is 15.1. The van der Waals surface area contributed by atoms with Gasteiger partial charge in [0.1, 0.15) is 6.61 Å². The standard InChI is InChI=1S/C21H21N3O3/c1-16(25)22-12-13-24-14-19(24)20(27-15-17-8-4-2-5-9-17)21(26)23-18-10-6-3-7-11-18/h2-11,14H,12-13,15H2,1H3,(H-,22,23,25,26)/p+1/b20-19-. The SMILES string of the molecule is CC(=O)NCC[N+]1=CC/1=C(/OCc1ccccc1)C(=O)Nc1ccccc1. The maximum absolute atomic E-state index is 12.7. The number of ether oxygens (including phenoxy) is 1. The molecule has 2 N–H and O–H groups in total. The van der Waals surface area contributed by atoms with Gasteiger partial charge in [-0.25, -0.2) is 0 Å². The summed E-state index contributed by atoms with van der Waals surface area (Å²) in [5.41, 5.74) is 2.41. The van der Waals surface area contributed by atoms with Crippen LogP contribution < -0.4 is 10.6 Å². The molecule has 6 nitrogen and oxygen atoms in total. The Labute approximate surface area is 158 Å². The third-order valence-corrected chi connectivity index (χ3v) is 3.94. The number of carbonyl (C=O) groups is 2. The van der Waals surface area contributed by atoms with Gasteiger partial charge in [0.2, 0.25) is 12.1 Å². The normalized spacial score (nSPS) is 14.0. The van der Waals surface area contributed by atoms with Crippen molar-refractivity contribution in [2.75, 3.05) is 18.4 Å². The van der Waals surface area contributed by atoms with Gasteiger partial charge in [0.05, 0.1) is 6.54 Å². The summed E-state index contributed by atoms with van der Waals surface area (Å²) in [6, 6.07) is 18.9. The third kappa shape index (κ3) is 5.54. The minimum Gasteiger partial charge on any atom is -0.478 e. The van der Waals surface area contributed by atoms with Crippen molar-refractivity contribution in [2.24, 2.45) is 0 Å². The van der Waals surface area contributed by atoms with Crippen LogP contribution in [-0.2, 0) is 20.9 Å². The summed E-state index contributed by atoms with van der Waals surface area (Å²) in [6.07, 6.45) is 1.84. The average Bonchev–Trinajstić information content (AvgIpc) is 3.42. The Hall–Kier alpha value is -3.41. The number of rotatable bonds is 8. The van der Waals surface area contributed by atoms with Gasteiger partial charge in [0, 0.05) is 12.6 Å². The van der Waals surface area contributed by atoms with Gasteiger partial charge in [0.15, 0.2) is 6.54 Å². The predicted molar refractivity (Wildman–Crippen MR) is 103 cm³/mol. The Morgan fingerprint density at radius 1 is 1.00 bits per heavy atom. The number of hydrogen-bond donors (Lipinski definition) is 2. The molecule has 27 heavy (non-hydrogen) atoms. The molecule has 2 aromatic rings. The molecule has 0 atom stereocenters. The van der Waals surface area contributed by atoms with E-state index in [0.29, 0.717) is 25.4 Å². The van der Waals surface area contributed by atoms with E-state index in [0.717, 1.165) is 11.3 Å². The van der Waals surface area contributed by atoms with Crippen LogP contribution >= 0.6 is 0 Å². The lowest BCUT2D eigenvalue weighted by Gasteiger charge is -2.09. The molecular weight excluding hydrogens is 342 g/mol. The van der Waals surface area contributed by atoms with Crippen molar-refractivity contribution in [1.82, 2.24) is 5.32 Å². The number of carbonyl (C=O) groups excluding carboxylic acids is 2. The van der Waals surface area contributed by atoms with Crippen LogP contribution in [0.1, 0.15) is 12.5 Å². The quantitative estimate of drug-likeness (QED) is 0.429. The van der Waals surface area contributed by atoms with E-state index in [-0.39, 0.29) is 17.6 Å². The van der Waals surface area contributed by atoms with Gasteiger partial charge in [-0.3, -0.25) is 9.59 Å². The van der Waals surface area contributed by atoms with Gasteiger partial charge < -0.3 is 15.4 Å². The van der Waals surface area contributed by atoms with E-state index < -0.39 is 0 Å². The van der Waals surface area contributed by atoms with E-state index in [1.165, 1.54) is 6.92 Å². The second-order valence-electron chi connectivity index (χ2n) is 6.11. The predicted octanol–water partition coefficient (Wildman–Crippen LogP) is 2.29. The molecule has 0 spiro atoms. The van der Waals surface area contributed by atoms with Gasteiger partial charge in [-0.05, 0) is 17.7 Å². The number of benzene rings is 2. The molecule has 3 rings (SSSR count). The van der Waals surface area contributed by atoms with Gasteiger partial charge in [-0.2, -0.15) is 4.58 Å². The second kappa shape index (κ2) is 8.80. The van der Waals surface area contributed by atoms with Crippen molar-refractivity contribution in [1.29, 1.82) is 0 Å². The van der Waals surface area contributed by atoms with E-state index in [1.54, 1.807) is 0 Å². The first-order valence-corrected chi connectivity index (χ1v) is 8.77. The fourth-order valence-corrected chi connectivity index (χ4v) is 2.54. The molecule has 1 aliphatic heterocycles. The molecule has 0 unspecified atom stereocenters. The average molecular weight is 364 g/mol. The van der Waals surface area contributed by atoms with Crippen LogP contribution in [0.25, 0.3) is 0 Å². The minimum absolute atomic E-state index is 0.0789. The van der Waals surface area contributed by atoms with Gasteiger partial charge in [-0.1, -0.05) is 48.5 Å². The summed E-state index contributed by atoms with van der Waals surface area (Å²) >= 11 is 0. The van der Waals surface area contributed by atoms with E-state index >= 15 is 0 Å². The first kappa shape index (κ1) is 18.4. The molecule has 0 fully saturated rings. The Kier molecular flexibility index (Phi) is 5.99. The van der Waals surface area contributed by atoms with Gasteiger partial charge >= 0.3 is 5.70 Å². The maximum Gasteiger partial charge on any atom is 0.317 e. The molecule has 0 bridgehead atoms. The Balaban J connectivity index is 1.68. The van der Waals surface area contributed by atoms with Crippen molar-refractivity contribution in [3.8, 4) is 0 Å². The van der Waals surface area contributed by atoms with E-state index in [2.05, 4.69) is 10.6 Å². The number of amides is 2. The molecule has 0 aliphatic carbocycles. The van der Waals surface area contributed by atoms with Crippen LogP contribution in [0, 0.1) is 0 Å². The Morgan fingerprint density at radius 2 is 1.67 bits per heavy atom. The highest BCUT2D eigenvalue weighted by molar-refractivity contribution is 6.06. The van der Waals surface area contributed by atoms with Gasteiger partial charge in [-0.15, -0.1) is 0 Å². The molecule has 0 saturated heterocycles. The van der Waals surface area contributed by atoms with E-state index in [1.807, 2.05) is 71.5 Å². The first-order valence-electron chi connectivity index (χ1n) is 8.77. The number of hydrogen-bond acceptors (Lipinski definition) is 3. The molecular formula is C21H22N3O3+. The van der Waals surface area contributed by atoms with Crippen LogP contribution in [0.15, 0.2) is 72.1 Å². The van der Waals surface area contributed by atoms with Crippen molar-refractivity contribution in [2.45, 2.75) is 13.5 Å². The van der Waals surface area contributed by atoms with Crippen LogP contribution in [-0.4, -0.2) is 35.7 Å². The maximum atomic E-state index is 12.7. The Morgan fingerprint density at radius 3 is 2.33 bits per heavy atom.